The van der Waals surface area contributed by atoms with Crippen LogP contribution in [0.4, 0.5) is 0 Å². The molecule has 1 nitrogen and oxygen atoms in total. The van der Waals surface area contributed by atoms with Crippen LogP contribution < -0.4 is 5.32 Å². The molecule has 0 rings (SSSR count). The lowest BCUT2D eigenvalue weighted by molar-refractivity contribution is 0.235. The summed E-state index contributed by atoms with van der Waals surface area (Å²) >= 11 is 5.85. The van der Waals surface area contributed by atoms with Crippen molar-refractivity contribution in [3.63, 3.8) is 0 Å². The first-order chi connectivity index (χ1) is 7.35. The molecule has 1 N–H and O–H groups in total. The van der Waals surface area contributed by atoms with Crippen molar-refractivity contribution in [1.29, 1.82) is 0 Å². The Bertz CT molecular complexity index is 260. The second-order valence-corrected chi connectivity index (χ2v) is 5.74. The first-order valence-electron chi connectivity index (χ1n) is 6.00. The summed E-state index contributed by atoms with van der Waals surface area (Å²) in [6.07, 6.45) is 5.29. The maximum Gasteiger partial charge on any atom is 0.0149 e. The second-order valence-electron chi connectivity index (χ2n) is 5.14. The third-order valence-corrected chi connectivity index (χ3v) is 3.24. The zero-order valence-corrected chi connectivity index (χ0v) is 12.3. The summed E-state index contributed by atoms with van der Waals surface area (Å²) in [6, 6.07) is 0. The number of hydrogen-bond acceptors (Lipinski definition) is 1. The molecule has 0 bridgehead atoms. The van der Waals surface area contributed by atoms with E-state index in [0.29, 0.717) is 5.92 Å². The number of hydrogen-bond donors (Lipinski definition) is 1. The van der Waals surface area contributed by atoms with Crippen LogP contribution in [0.3, 0.4) is 0 Å². The minimum Gasteiger partial charge on any atom is -0.319 e. The van der Waals surface area contributed by atoms with Gasteiger partial charge in [0.15, 0.2) is 0 Å². The number of allylic oxidation sites excluding steroid dienone is 4. The largest absolute Gasteiger partial charge is 0.319 e. The highest BCUT2D eigenvalue weighted by Crippen LogP contribution is 2.34. The molecule has 94 valence electrons. The molecule has 0 heterocycles. The minimum atomic E-state index is 0.276. The van der Waals surface area contributed by atoms with E-state index in [0.717, 1.165) is 18.0 Å². The van der Waals surface area contributed by atoms with Crippen LogP contribution >= 0.6 is 11.6 Å². The maximum absolute atomic E-state index is 5.85. The van der Waals surface area contributed by atoms with Crippen molar-refractivity contribution in [1.82, 2.24) is 5.32 Å². The molecule has 0 aliphatic heterocycles. The molecule has 0 aromatic rings. The zero-order chi connectivity index (χ0) is 12.8. The van der Waals surface area contributed by atoms with Gasteiger partial charge in [0.2, 0.25) is 0 Å². The minimum absolute atomic E-state index is 0.276. The lowest BCUT2D eigenvalue weighted by Gasteiger charge is -2.34. The van der Waals surface area contributed by atoms with Gasteiger partial charge in [-0.25, -0.2) is 0 Å². The number of rotatable bonds is 6. The van der Waals surface area contributed by atoms with Crippen LogP contribution in [-0.2, 0) is 0 Å². The van der Waals surface area contributed by atoms with Crippen molar-refractivity contribution < 1.29 is 0 Å². The van der Waals surface area contributed by atoms with Gasteiger partial charge in [-0.1, -0.05) is 44.0 Å². The van der Waals surface area contributed by atoms with Crippen molar-refractivity contribution in [3.05, 3.63) is 22.8 Å². The summed E-state index contributed by atoms with van der Waals surface area (Å²) < 4.78 is 0. The van der Waals surface area contributed by atoms with Crippen molar-refractivity contribution >= 4 is 11.6 Å². The summed E-state index contributed by atoms with van der Waals surface area (Å²) in [6.45, 7) is 12.0. The molecule has 0 aliphatic carbocycles. The van der Waals surface area contributed by atoms with E-state index < -0.39 is 0 Å². The van der Waals surface area contributed by atoms with Crippen molar-refractivity contribution in [3.8, 4) is 0 Å². The molecule has 0 aromatic heterocycles. The van der Waals surface area contributed by atoms with Gasteiger partial charge in [-0.3, -0.25) is 0 Å². The van der Waals surface area contributed by atoms with E-state index in [2.05, 4.69) is 39.1 Å². The standard InChI is InChI=1S/C14H26ClN/c1-7-13(14(4,5)10-16-6)11(2)8-9-12(3)15/h8-9,13,16H,7,10H2,1-6H3/b11-8+,12-9+. The Morgan fingerprint density at radius 1 is 1.31 bits per heavy atom. The van der Waals surface area contributed by atoms with Gasteiger partial charge >= 0.3 is 0 Å². The molecule has 0 spiro atoms. The first kappa shape index (κ1) is 15.7. The molecule has 2 heteroatoms. The van der Waals surface area contributed by atoms with Crippen molar-refractivity contribution in [2.75, 3.05) is 13.6 Å². The van der Waals surface area contributed by atoms with E-state index in [1.165, 1.54) is 5.57 Å². The van der Waals surface area contributed by atoms with Crippen LogP contribution in [0, 0.1) is 11.3 Å². The van der Waals surface area contributed by atoms with Gasteiger partial charge in [0.1, 0.15) is 0 Å². The molecule has 1 atom stereocenters. The smallest absolute Gasteiger partial charge is 0.0149 e. The van der Waals surface area contributed by atoms with E-state index in [-0.39, 0.29) is 5.41 Å². The van der Waals surface area contributed by atoms with Crippen molar-refractivity contribution in [2.45, 2.75) is 41.0 Å². The highest BCUT2D eigenvalue weighted by Gasteiger charge is 2.28. The number of halogens is 1. The van der Waals surface area contributed by atoms with E-state index >= 15 is 0 Å². The van der Waals surface area contributed by atoms with Gasteiger partial charge in [-0.2, -0.15) is 0 Å². The van der Waals surface area contributed by atoms with Crippen LogP contribution in [0.25, 0.3) is 0 Å². The van der Waals surface area contributed by atoms with E-state index in [1.54, 1.807) is 0 Å². The molecular formula is C14H26ClN. The maximum atomic E-state index is 5.85. The molecule has 0 saturated carbocycles. The summed E-state index contributed by atoms with van der Waals surface area (Å²) in [5, 5.41) is 4.11. The molecule has 0 aromatic carbocycles. The van der Waals surface area contributed by atoms with E-state index in [9.17, 15) is 0 Å². The molecular weight excluding hydrogens is 218 g/mol. The monoisotopic (exact) mass is 243 g/mol. The Labute approximate surface area is 106 Å². The highest BCUT2D eigenvalue weighted by atomic mass is 35.5. The van der Waals surface area contributed by atoms with Crippen LogP contribution in [0.15, 0.2) is 22.8 Å². The zero-order valence-electron chi connectivity index (χ0n) is 11.5. The first-order valence-corrected chi connectivity index (χ1v) is 6.38. The van der Waals surface area contributed by atoms with Crippen molar-refractivity contribution in [2.24, 2.45) is 11.3 Å². The molecule has 0 aliphatic rings. The van der Waals surface area contributed by atoms with Gasteiger partial charge in [-0.15, -0.1) is 0 Å². The fourth-order valence-corrected chi connectivity index (χ4v) is 2.50. The fraction of sp³-hybridized carbons (Fsp3) is 0.714. The lowest BCUT2D eigenvalue weighted by atomic mass is 9.73. The normalized spacial score (nSPS) is 16.4. The number of nitrogens with one attached hydrogen (secondary N) is 1. The Kier molecular flexibility index (Phi) is 7.01. The Hall–Kier alpha value is -0.270. The molecule has 0 fully saturated rings. The summed E-state index contributed by atoms with van der Waals surface area (Å²) in [7, 11) is 2.01. The van der Waals surface area contributed by atoms with E-state index in [4.69, 9.17) is 11.6 Å². The molecule has 0 amide bonds. The predicted molar refractivity (Wildman–Crippen MR) is 74.9 cm³/mol. The molecule has 16 heavy (non-hydrogen) atoms. The van der Waals surface area contributed by atoms with Gasteiger partial charge in [0, 0.05) is 11.6 Å². The van der Waals surface area contributed by atoms with Crippen LogP contribution in [0.2, 0.25) is 0 Å². The summed E-state index contributed by atoms with van der Waals surface area (Å²) in [5.74, 6) is 0.590. The molecule has 0 radical (unpaired) electrons. The predicted octanol–water partition coefficient (Wildman–Crippen LogP) is 4.35. The van der Waals surface area contributed by atoms with Gasteiger partial charge in [0.05, 0.1) is 0 Å². The average molecular weight is 244 g/mol. The summed E-state index contributed by atoms with van der Waals surface area (Å²) in [5.41, 5.74) is 1.68. The lowest BCUT2D eigenvalue weighted by Crippen LogP contribution is -2.34. The third-order valence-electron chi connectivity index (χ3n) is 3.11. The fourth-order valence-electron chi connectivity index (χ4n) is 2.43. The Morgan fingerprint density at radius 2 is 1.88 bits per heavy atom. The van der Waals surface area contributed by atoms with Gasteiger partial charge in [-0.05, 0) is 44.7 Å². The topological polar surface area (TPSA) is 12.0 Å². The van der Waals surface area contributed by atoms with Crippen LogP contribution in [-0.4, -0.2) is 13.6 Å². The second kappa shape index (κ2) is 7.13. The van der Waals surface area contributed by atoms with E-state index in [1.807, 2.05) is 20.0 Å². The quantitative estimate of drug-likeness (QED) is 0.684. The Morgan fingerprint density at radius 3 is 2.25 bits per heavy atom. The molecule has 0 saturated heterocycles. The van der Waals surface area contributed by atoms with Gasteiger partial charge in [0.25, 0.3) is 0 Å². The average Bonchev–Trinajstić information content (AvgIpc) is 2.15. The Balaban J connectivity index is 4.85. The third kappa shape index (κ3) is 5.18. The summed E-state index contributed by atoms with van der Waals surface area (Å²) in [4.78, 5) is 0. The SMILES string of the molecule is CCC(/C(C)=C/C=C(\C)Cl)C(C)(C)CNC. The molecule has 1 unspecified atom stereocenters. The highest BCUT2D eigenvalue weighted by molar-refractivity contribution is 6.29. The van der Waals surface area contributed by atoms with Crippen LogP contribution in [0.5, 0.6) is 0 Å². The van der Waals surface area contributed by atoms with Gasteiger partial charge < -0.3 is 5.32 Å². The van der Waals surface area contributed by atoms with Crippen LogP contribution in [0.1, 0.15) is 41.0 Å².